The minimum Gasteiger partial charge on any atom is -0.462 e. The number of aromatic nitrogens is 1. The molecule has 0 saturated carbocycles. The summed E-state index contributed by atoms with van der Waals surface area (Å²) in [6, 6.07) is 9.97. The lowest BCUT2D eigenvalue weighted by atomic mass is 9.86. The number of aryl methyl sites for hydroxylation is 1. The topological polar surface area (TPSA) is 39.2 Å². The summed E-state index contributed by atoms with van der Waals surface area (Å²) in [4.78, 5) is 16.5. The minimum atomic E-state index is -0.433. The fourth-order valence-electron chi connectivity index (χ4n) is 2.37. The van der Waals surface area contributed by atoms with Crippen molar-refractivity contribution in [2.45, 2.75) is 40.0 Å². The second-order valence-corrected chi connectivity index (χ2v) is 6.90. The smallest absolute Gasteiger partial charge is 0.341 e. The highest BCUT2D eigenvalue weighted by Crippen LogP contribution is 2.29. The SMILES string of the molecule is CCOC(=O)c1c(Cl)cc(-c2ccc(C(C)(C)C)cc2)nc1C. The largest absolute Gasteiger partial charge is 0.462 e. The third-order valence-electron chi connectivity index (χ3n) is 3.68. The van der Waals surface area contributed by atoms with Gasteiger partial charge in [0.1, 0.15) is 0 Å². The molecule has 0 amide bonds. The van der Waals surface area contributed by atoms with Crippen LogP contribution in [0.2, 0.25) is 5.02 Å². The van der Waals surface area contributed by atoms with Gasteiger partial charge in [0.05, 0.1) is 28.6 Å². The molecule has 2 rings (SSSR count). The van der Waals surface area contributed by atoms with Crippen molar-refractivity contribution >= 4 is 17.6 Å². The summed E-state index contributed by atoms with van der Waals surface area (Å²) in [5.74, 6) is -0.433. The number of hydrogen-bond donors (Lipinski definition) is 0. The van der Waals surface area contributed by atoms with E-state index in [1.165, 1.54) is 5.56 Å². The molecule has 0 radical (unpaired) electrons. The molecule has 1 heterocycles. The molecule has 0 atom stereocenters. The summed E-state index contributed by atoms with van der Waals surface area (Å²) in [5.41, 5.74) is 3.99. The Morgan fingerprint density at radius 2 is 1.83 bits per heavy atom. The molecular formula is C19H22ClNO2. The molecule has 1 aromatic carbocycles. The molecule has 23 heavy (non-hydrogen) atoms. The zero-order chi connectivity index (χ0) is 17.2. The fourth-order valence-corrected chi connectivity index (χ4v) is 2.69. The summed E-state index contributed by atoms with van der Waals surface area (Å²) in [6.45, 7) is 10.4. The molecule has 0 aliphatic rings. The Morgan fingerprint density at radius 1 is 1.22 bits per heavy atom. The Balaban J connectivity index is 2.40. The van der Waals surface area contributed by atoms with Gasteiger partial charge in [0.15, 0.2) is 0 Å². The van der Waals surface area contributed by atoms with Crippen LogP contribution in [0.15, 0.2) is 30.3 Å². The van der Waals surface area contributed by atoms with Crippen LogP contribution < -0.4 is 0 Å². The molecular weight excluding hydrogens is 310 g/mol. The van der Waals surface area contributed by atoms with E-state index in [-0.39, 0.29) is 5.41 Å². The van der Waals surface area contributed by atoms with Gasteiger partial charge in [-0.15, -0.1) is 0 Å². The predicted octanol–water partition coefficient (Wildman–Crippen LogP) is 5.18. The minimum absolute atomic E-state index is 0.104. The van der Waals surface area contributed by atoms with E-state index in [9.17, 15) is 4.79 Å². The van der Waals surface area contributed by atoms with Crippen LogP contribution in [0.25, 0.3) is 11.3 Å². The molecule has 0 N–H and O–H groups in total. The number of ether oxygens (including phenoxy) is 1. The van der Waals surface area contributed by atoms with Gasteiger partial charge < -0.3 is 4.74 Å². The maximum atomic E-state index is 11.9. The zero-order valence-electron chi connectivity index (χ0n) is 14.2. The monoisotopic (exact) mass is 331 g/mol. The van der Waals surface area contributed by atoms with Crippen LogP contribution in [-0.2, 0) is 10.2 Å². The molecule has 0 fully saturated rings. The Hall–Kier alpha value is -1.87. The van der Waals surface area contributed by atoms with Gasteiger partial charge in [0.25, 0.3) is 0 Å². The van der Waals surface area contributed by atoms with Crippen molar-refractivity contribution in [3.05, 3.63) is 52.2 Å². The first kappa shape index (κ1) is 17.5. The van der Waals surface area contributed by atoms with Crippen molar-refractivity contribution in [1.29, 1.82) is 0 Å². The van der Waals surface area contributed by atoms with Crippen LogP contribution >= 0.6 is 11.6 Å². The highest BCUT2D eigenvalue weighted by atomic mass is 35.5. The summed E-state index contributed by atoms with van der Waals surface area (Å²) in [7, 11) is 0. The van der Waals surface area contributed by atoms with Gasteiger partial charge in [-0.25, -0.2) is 4.79 Å². The average Bonchev–Trinajstić information content (AvgIpc) is 2.46. The van der Waals surface area contributed by atoms with Gasteiger partial charge in [-0.2, -0.15) is 0 Å². The lowest BCUT2D eigenvalue weighted by molar-refractivity contribution is 0.0525. The fraction of sp³-hybridized carbons (Fsp3) is 0.368. The molecule has 0 saturated heterocycles. The maximum absolute atomic E-state index is 11.9. The predicted molar refractivity (Wildman–Crippen MR) is 94.1 cm³/mol. The number of halogens is 1. The maximum Gasteiger partial charge on any atom is 0.341 e. The van der Waals surface area contributed by atoms with Crippen molar-refractivity contribution in [2.75, 3.05) is 6.61 Å². The van der Waals surface area contributed by atoms with E-state index < -0.39 is 5.97 Å². The van der Waals surface area contributed by atoms with Crippen LogP contribution in [0.3, 0.4) is 0 Å². The summed E-state index contributed by atoms with van der Waals surface area (Å²) in [6.07, 6.45) is 0. The number of pyridine rings is 1. The van der Waals surface area contributed by atoms with Crippen molar-refractivity contribution in [2.24, 2.45) is 0 Å². The van der Waals surface area contributed by atoms with Crippen LogP contribution in [0.5, 0.6) is 0 Å². The number of nitrogens with zero attached hydrogens (tertiary/aromatic N) is 1. The highest BCUT2D eigenvalue weighted by molar-refractivity contribution is 6.34. The average molecular weight is 332 g/mol. The Morgan fingerprint density at radius 3 is 2.30 bits per heavy atom. The molecule has 122 valence electrons. The van der Waals surface area contributed by atoms with Gasteiger partial charge in [0.2, 0.25) is 0 Å². The third-order valence-corrected chi connectivity index (χ3v) is 3.98. The standard InChI is InChI=1S/C19H22ClNO2/c1-6-23-18(22)17-12(2)21-16(11-15(17)20)13-7-9-14(10-8-13)19(3,4)5/h7-11H,6H2,1-5H3. The number of esters is 1. The van der Waals surface area contributed by atoms with Crippen LogP contribution in [0, 0.1) is 6.92 Å². The van der Waals surface area contributed by atoms with Gasteiger partial charge in [-0.3, -0.25) is 4.98 Å². The highest BCUT2D eigenvalue weighted by Gasteiger charge is 2.18. The number of rotatable bonds is 3. The van der Waals surface area contributed by atoms with E-state index in [4.69, 9.17) is 16.3 Å². The normalized spacial score (nSPS) is 11.4. The zero-order valence-corrected chi connectivity index (χ0v) is 15.0. The number of benzene rings is 1. The Labute approximate surface area is 142 Å². The van der Waals surface area contributed by atoms with Crippen molar-refractivity contribution < 1.29 is 9.53 Å². The summed E-state index contributed by atoms with van der Waals surface area (Å²) >= 11 is 6.28. The molecule has 2 aromatic rings. The first-order valence-corrected chi connectivity index (χ1v) is 8.07. The summed E-state index contributed by atoms with van der Waals surface area (Å²) in [5, 5.41) is 0.367. The number of hydrogen-bond acceptors (Lipinski definition) is 3. The van der Waals surface area contributed by atoms with Gasteiger partial charge >= 0.3 is 5.97 Å². The van der Waals surface area contributed by atoms with Gasteiger partial charge in [-0.1, -0.05) is 56.6 Å². The molecule has 0 unspecified atom stereocenters. The van der Waals surface area contributed by atoms with Crippen molar-refractivity contribution in [1.82, 2.24) is 4.98 Å². The van der Waals surface area contributed by atoms with Crippen LogP contribution in [0.4, 0.5) is 0 Å². The summed E-state index contributed by atoms with van der Waals surface area (Å²) < 4.78 is 5.02. The molecule has 0 spiro atoms. The first-order valence-electron chi connectivity index (χ1n) is 7.69. The van der Waals surface area contributed by atoms with Gasteiger partial charge in [-0.05, 0) is 30.9 Å². The second kappa shape index (κ2) is 6.71. The van der Waals surface area contributed by atoms with E-state index in [0.29, 0.717) is 22.9 Å². The quantitative estimate of drug-likeness (QED) is 0.727. The van der Waals surface area contributed by atoms with Gasteiger partial charge in [0, 0.05) is 5.56 Å². The number of carbonyl (C=O) groups excluding carboxylic acids is 1. The first-order chi connectivity index (χ1) is 10.7. The van der Waals surface area contributed by atoms with E-state index in [1.807, 2.05) is 12.1 Å². The van der Waals surface area contributed by atoms with Crippen molar-refractivity contribution in [3.63, 3.8) is 0 Å². The molecule has 0 bridgehead atoms. The lowest BCUT2D eigenvalue weighted by Gasteiger charge is -2.19. The van der Waals surface area contributed by atoms with E-state index in [1.54, 1.807) is 19.9 Å². The van der Waals surface area contributed by atoms with E-state index in [0.717, 1.165) is 11.3 Å². The lowest BCUT2D eigenvalue weighted by Crippen LogP contribution is -2.11. The molecule has 0 aliphatic heterocycles. The van der Waals surface area contributed by atoms with E-state index >= 15 is 0 Å². The molecule has 1 aromatic heterocycles. The Bertz CT molecular complexity index is 692. The van der Waals surface area contributed by atoms with Crippen molar-refractivity contribution in [3.8, 4) is 11.3 Å². The molecule has 4 heteroatoms. The molecule has 3 nitrogen and oxygen atoms in total. The third kappa shape index (κ3) is 3.91. The molecule has 0 aliphatic carbocycles. The second-order valence-electron chi connectivity index (χ2n) is 6.50. The van der Waals surface area contributed by atoms with Crippen LogP contribution in [0.1, 0.15) is 49.3 Å². The van der Waals surface area contributed by atoms with Crippen LogP contribution in [-0.4, -0.2) is 17.6 Å². The van der Waals surface area contributed by atoms with E-state index in [2.05, 4.69) is 37.9 Å². The number of carbonyl (C=O) groups is 1. The Kier molecular flexibility index (Phi) is 5.10.